The van der Waals surface area contributed by atoms with Gasteiger partial charge in [0.05, 0.1) is 18.5 Å². The van der Waals surface area contributed by atoms with E-state index in [1.165, 1.54) is 11.3 Å². The molecule has 3 aromatic rings. The molecule has 1 aromatic carbocycles. The van der Waals surface area contributed by atoms with Crippen LogP contribution in [-0.2, 0) is 22.6 Å². The average molecular weight is 429 g/mol. The summed E-state index contributed by atoms with van der Waals surface area (Å²) in [5.41, 5.74) is 1.45. The molecular weight excluding hydrogens is 406 g/mol. The first kappa shape index (κ1) is 20.5. The third kappa shape index (κ3) is 4.23. The van der Waals surface area contributed by atoms with E-state index >= 15 is 0 Å². The van der Waals surface area contributed by atoms with Crippen LogP contribution in [0.1, 0.15) is 26.6 Å². The van der Waals surface area contributed by atoms with Crippen molar-refractivity contribution >= 4 is 27.5 Å². The smallest absolute Gasteiger partial charge is 0.348 e. The number of aryl methyl sites for hydroxylation is 1. The summed E-state index contributed by atoms with van der Waals surface area (Å²) >= 11 is 1.18. The number of aromatic nitrogens is 2. The van der Waals surface area contributed by atoms with Gasteiger partial charge in [-0.3, -0.25) is 9.69 Å². The van der Waals surface area contributed by atoms with Crippen LogP contribution in [0.2, 0.25) is 0 Å². The number of ether oxygens (including phenoxy) is 3. The summed E-state index contributed by atoms with van der Waals surface area (Å²) in [5, 5.41) is 0.437. The molecule has 158 valence electrons. The molecule has 0 bridgehead atoms. The van der Waals surface area contributed by atoms with Gasteiger partial charge in [-0.15, -0.1) is 11.3 Å². The Labute approximate surface area is 177 Å². The Hall–Kier alpha value is -2.75. The predicted molar refractivity (Wildman–Crippen MR) is 113 cm³/mol. The summed E-state index contributed by atoms with van der Waals surface area (Å²) in [6.07, 6.45) is 0. The first-order valence-corrected chi connectivity index (χ1v) is 10.5. The number of thiophene rings is 1. The van der Waals surface area contributed by atoms with Gasteiger partial charge in [0.1, 0.15) is 34.5 Å². The summed E-state index contributed by atoms with van der Waals surface area (Å²) in [4.78, 5) is 35.7. The van der Waals surface area contributed by atoms with Gasteiger partial charge in [-0.25, -0.2) is 9.78 Å². The minimum atomic E-state index is -0.463. The molecule has 1 aliphatic rings. The summed E-state index contributed by atoms with van der Waals surface area (Å²) in [5.74, 6) is 0.990. The number of rotatable bonds is 6. The fraction of sp³-hybridized carbons (Fsp3) is 0.381. The van der Waals surface area contributed by atoms with Crippen LogP contribution >= 0.6 is 11.3 Å². The van der Waals surface area contributed by atoms with Gasteiger partial charge >= 0.3 is 5.97 Å². The van der Waals surface area contributed by atoms with Crippen molar-refractivity contribution in [2.24, 2.45) is 0 Å². The Morgan fingerprint density at radius 1 is 1.33 bits per heavy atom. The molecule has 0 radical (unpaired) electrons. The second kappa shape index (κ2) is 8.95. The highest BCUT2D eigenvalue weighted by Gasteiger charge is 2.22. The summed E-state index contributed by atoms with van der Waals surface area (Å²) in [6, 6.07) is 7.95. The molecule has 1 N–H and O–H groups in total. The lowest BCUT2D eigenvalue weighted by molar-refractivity contribution is 0.0393. The maximum atomic E-state index is 12.7. The molecule has 0 saturated carbocycles. The number of hydrogen-bond acceptors (Lipinski definition) is 8. The van der Waals surface area contributed by atoms with Gasteiger partial charge in [0.25, 0.3) is 5.56 Å². The van der Waals surface area contributed by atoms with Crippen LogP contribution in [0.5, 0.6) is 5.75 Å². The first-order chi connectivity index (χ1) is 14.6. The second-order valence-corrected chi connectivity index (χ2v) is 8.04. The second-order valence-electron chi connectivity index (χ2n) is 7.04. The Bertz CT molecular complexity index is 1120. The van der Waals surface area contributed by atoms with Crippen molar-refractivity contribution in [3.8, 4) is 5.75 Å². The zero-order valence-corrected chi connectivity index (χ0v) is 17.7. The van der Waals surface area contributed by atoms with E-state index in [1.807, 2.05) is 24.3 Å². The molecule has 2 aromatic heterocycles. The fourth-order valence-electron chi connectivity index (χ4n) is 3.47. The number of carbonyl (C=O) groups excluding carboxylic acids is 1. The van der Waals surface area contributed by atoms with Crippen LogP contribution in [0.25, 0.3) is 10.2 Å². The van der Waals surface area contributed by atoms with Crippen LogP contribution < -0.4 is 10.3 Å². The van der Waals surface area contributed by atoms with E-state index in [0.29, 0.717) is 52.8 Å². The molecule has 1 aliphatic heterocycles. The van der Waals surface area contributed by atoms with Crippen LogP contribution in [0.4, 0.5) is 0 Å². The maximum Gasteiger partial charge on any atom is 0.348 e. The van der Waals surface area contributed by atoms with E-state index < -0.39 is 5.97 Å². The Morgan fingerprint density at radius 3 is 3.00 bits per heavy atom. The Morgan fingerprint density at radius 2 is 2.17 bits per heavy atom. The highest BCUT2D eigenvalue weighted by Crippen LogP contribution is 2.28. The van der Waals surface area contributed by atoms with Crippen LogP contribution in [-0.4, -0.2) is 54.3 Å². The predicted octanol–water partition coefficient (Wildman–Crippen LogP) is 2.49. The molecule has 8 nitrogen and oxygen atoms in total. The third-order valence-electron chi connectivity index (χ3n) is 4.96. The van der Waals surface area contributed by atoms with Crippen LogP contribution in [0, 0.1) is 6.92 Å². The molecule has 0 amide bonds. The van der Waals surface area contributed by atoms with Gasteiger partial charge in [0.2, 0.25) is 0 Å². The van der Waals surface area contributed by atoms with Gasteiger partial charge in [-0.05, 0) is 18.6 Å². The number of esters is 1. The van der Waals surface area contributed by atoms with Crippen molar-refractivity contribution in [1.82, 2.24) is 14.9 Å². The molecule has 9 heteroatoms. The minimum absolute atomic E-state index is 0.163. The zero-order valence-electron chi connectivity index (χ0n) is 16.9. The monoisotopic (exact) mass is 429 g/mol. The number of carbonyl (C=O) groups is 1. The van der Waals surface area contributed by atoms with Gasteiger partial charge < -0.3 is 19.2 Å². The van der Waals surface area contributed by atoms with Gasteiger partial charge in [-0.1, -0.05) is 18.2 Å². The molecule has 0 aliphatic carbocycles. The lowest BCUT2D eigenvalue weighted by Crippen LogP contribution is -2.27. The first-order valence-electron chi connectivity index (χ1n) is 9.68. The lowest BCUT2D eigenvalue weighted by atomic mass is 10.2. The molecular formula is C21H23N3O5S. The Balaban J connectivity index is 1.57. The number of nitrogens with one attached hydrogen (secondary N) is 1. The number of methoxy groups -OCH3 is 1. The van der Waals surface area contributed by atoms with Gasteiger partial charge in [-0.2, -0.15) is 0 Å². The number of aromatic amines is 1. The third-order valence-corrected chi connectivity index (χ3v) is 6.13. The molecule has 4 rings (SSSR count). The largest absolute Gasteiger partial charge is 0.492 e. The van der Waals surface area contributed by atoms with E-state index in [1.54, 1.807) is 14.0 Å². The normalized spacial score (nSPS) is 14.2. The molecule has 0 unspecified atom stereocenters. The van der Waals surface area contributed by atoms with Crippen molar-refractivity contribution in [2.75, 3.05) is 33.5 Å². The van der Waals surface area contributed by atoms with Crippen molar-refractivity contribution in [1.29, 1.82) is 0 Å². The minimum Gasteiger partial charge on any atom is -0.492 e. The van der Waals surface area contributed by atoms with Crippen molar-refractivity contribution < 1.29 is 19.0 Å². The fourth-order valence-corrected chi connectivity index (χ4v) is 4.56. The number of para-hydroxylation sites is 1. The molecule has 0 atom stereocenters. The van der Waals surface area contributed by atoms with Crippen molar-refractivity contribution in [2.45, 2.75) is 20.0 Å². The van der Waals surface area contributed by atoms with Crippen LogP contribution in [0.15, 0.2) is 29.1 Å². The van der Waals surface area contributed by atoms with Crippen molar-refractivity contribution in [3.63, 3.8) is 0 Å². The maximum absolute atomic E-state index is 12.7. The number of fused-ring (bicyclic) bond motifs is 2. The van der Waals surface area contributed by atoms with E-state index in [9.17, 15) is 9.59 Å². The number of nitrogens with zero attached hydrogens (tertiary/aromatic N) is 2. The summed E-state index contributed by atoms with van der Waals surface area (Å²) < 4.78 is 15.9. The Kier molecular flexibility index (Phi) is 6.12. The molecule has 0 fully saturated rings. The zero-order chi connectivity index (χ0) is 21.1. The highest BCUT2D eigenvalue weighted by atomic mass is 32.1. The molecule has 0 spiro atoms. The number of benzene rings is 1. The summed E-state index contributed by atoms with van der Waals surface area (Å²) in [6.45, 7) is 4.70. The van der Waals surface area contributed by atoms with E-state index in [4.69, 9.17) is 14.2 Å². The highest BCUT2D eigenvalue weighted by molar-refractivity contribution is 7.20. The van der Waals surface area contributed by atoms with Gasteiger partial charge in [0, 0.05) is 25.8 Å². The van der Waals surface area contributed by atoms with E-state index in [-0.39, 0.29) is 12.2 Å². The van der Waals surface area contributed by atoms with Crippen molar-refractivity contribution in [3.05, 3.63) is 56.4 Å². The average Bonchev–Trinajstić information content (AvgIpc) is 2.92. The number of H-pyrrole nitrogens is 1. The molecule has 3 heterocycles. The number of hydrogen-bond donors (Lipinski definition) is 1. The van der Waals surface area contributed by atoms with E-state index in [0.717, 1.165) is 17.9 Å². The quantitative estimate of drug-likeness (QED) is 0.475. The van der Waals surface area contributed by atoms with Gasteiger partial charge in [0.15, 0.2) is 0 Å². The molecule has 0 saturated heterocycles. The SMILES string of the molecule is COCCOC(=O)c1sc2nc(CN3CCOc4ccccc4C3)[nH]c(=O)c2c1C. The topological polar surface area (TPSA) is 93.8 Å². The summed E-state index contributed by atoms with van der Waals surface area (Å²) in [7, 11) is 1.54. The molecule has 30 heavy (non-hydrogen) atoms. The van der Waals surface area contributed by atoms with Crippen LogP contribution in [0.3, 0.4) is 0 Å². The lowest BCUT2D eigenvalue weighted by Gasteiger charge is -2.18. The van der Waals surface area contributed by atoms with E-state index in [2.05, 4.69) is 14.9 Å². The standard InChI is InChI=1S/C21H23N3O5S/c1-13-17-19(25)22-16(23-20(17)30-18(13)21(26)29-10-9-27-2)12-24-7-8-28-15-6-4-3-5-14(15)11-24/h3-6H,7-12H2,1-2H3,(H,22,23,25).